The Balaban J connectivity index is 1.47. The molecule has 0 radical (unpaired) electrons. The van der Waals surface area contributed by atoms with Crippen molar-refractivity contribution in [1.29, 1.82) is 0 Å². The lowest BCUT2D eigenvalue weighted by Gasteiger charge is -2.35. The SMILES string of the molecule is CC(CN1CCOCC1)N(Cc1ccccc1)C(=O)Cc1coc(-c2ccccc2)n1. The van der Waals surface area contributed by atoms with Crippen LogP contribution in [0.25, 0.3) is 11.5 Å². The maximum atomic E-state index is 13.3. The van der Waals surface area contributed by atoms with Gasteiger partial charge in [0.15, 0.2) is 0 Å². The molecule has 6 heteroatoms. The molecule has 1 fully saturated rings. The first-order valence-electron chi connectivity index (χ1n) is 10.8. The maximum absolute atomic E-state index is 13.3. The molecule has 0 N–H and O–H groups in total. The summed E-state index contributed by atoms with van der Waals surface area (Å²) < 4.78 is 11.1. The van der Waals surface area contributed by atoms with Crippen molar-refractivity contribution in [2.75, 3.05) is 32.8 Å². The summed E-state index contributed by atoms with van der Waals surface area (Å²) in [6.07, 6.45) is 1.81. The Hall–Kier alpha value is -2.96. The van der Waals surface area contributed by atoms with Gasteiger partial charge in [-0.3, -0.25) is 9.69 Å². The van der Waals surface area contributed by atoms with Crippen molar-refractivity contribution < 1.29 is 13.9 Å². The van der Waals surface area contributed by atoms with Gasteiger partial charge < -0.3 is 14.1 Å². The minimum atomic E-state index is 0.0533. The van der Waals surface area contributed by atoms with Gasteiger partial charge in [0, 0.05) is 37.8 Å². The second kappa shape index (κ2) is 10.4. The third kappa shape index (κ3) is 5.81. The molecule has 2 heterocycles. The van der Waals surface area contributed by atoms with Crippen LogP contribution in [0.1, 0.15) is 18.2 Å². The number of hydrogen-bond acceptors (Lipinski definition) is 5. The van der Waals surface area contributed by atoms with E-state index in [1.165, 1.54) is 0 Å². The number of amides is 1. The predicted molar refractivity (Wildman–Crippen MR) is 119 cm³/mol. The van der Waals surface area contributed by atoms with Crippen LogP contribution in [-0.4, -0.2) is 59.6 Å². The van der Waals surface area contributed by atoms with Crippen molar-refractivity contribution in [3.63, 3.8) is 0 Å². The van der Waals surface area contributed by atoms with E-state index >= 15 is 0 Å². The van der Waals surface area contributed by atoms with Gasteiger partial charge in [-0.2, -0.15) is 0 Å². The summed E-state index contributed by atoms with van der Waals surface area (Å²) >= 11 is 0. The zero-order valence-electron chi connectivity index (χ0n) is 17.9. The summed E-state index contributed by atoms with van der Waals surface area (Å²) in [6, 6.07) is 19.9. The maximum Gasteiger partial charge on any atom is 0.229 e. The average Bonchev–Trinajstić information content (AvgIpc) is 3.28. The fourth-order valence-corrected chi connectivity index (χ4v) is 3.88. The summed E-state index contributed by atoms with van der Waals surface area (Å²) in [5.74, 6) is 0.594. The number of aromatic nitrogens is 1. The minimum Gasteiger partial charge on any atom is -0.444 e. The van der Waals surface area contributed by atoms with Gasteiger partial charge in [0.25, 0.3) is 0 Å². The standard InChI is InChI=1S/C25H29N3O3/c1-20(17-27-12-14-30-15-13-27)28(18-21-8-4-2-5-9-21)24(29)16-23-19-31-25(26-23)22-10-6-3-7-11-22/h2-11,19-20H,12-18H2,1H3. The molecule has 6 nitrogen and oxygen atoms in total. The van der Waals surface area contributed by atoms with Crippen LogP contribution in [0.2, 0.25) is 0 Å². The third-order valence-electron chi connectivity index (χ3n) is 5.58. The summed E-state index contributed by atoms with van der Waals surface area (Å²) in [4.78, 5) is 22.2. The normalized spacial score (nSPS) is 15.5. The van der Waals surface area contributed by atoms with Crippen LogP contribution in [0.5, 0.6) is 0 Å². The monoisotopic (exact) mass is 419 g/mol. The number of carbonyl (C=O) groups excluding carboxylic acids is 1. The number of ether oxygens (including phenoxy) is 1. The highest BCUT2D eigenvalue weighted by atomic mass is 16.5. The Bertz CT molecular complexity index is 952. The van der Waals surface area contributed by atoms with Crippen molar-refractivity contribution in [2.24, 2.45) is 0 Å². The van der Waals surface area contributed by atoms with Gasteiger partial charge in [-0.05, 0) is 24.6 Å². The number of rotatable bonds is 8. The molecule has 1 saturated heterocycles. The Morgan fingerprint density at radius 2 is 1.74 bits per heavy atom. The first-order valence-corrected chi connectivity index (χ1v) is 10.8. The molecule has 1 aliphatic rings. The molecule has 0 spiro atoms. The van der Waals surface area contributed by atoms with E-state index in [1.54, 1.807) is 6.26 Å². The van der Waals surface area contributed by atoms with E-state index in [-0.39, 0.29) is 18.4 Å². The van der Waals surface area contributed by atoms with E-state index in [4.69, 9.17) is 9.15 Å². The lowest BCUT2D eigenvalue weighted by molar-refractivity contribution is -0.133. The fraction of sp³-hybridized carbons (Fsp3) is 0.360. The van der Waals surface area contributed by atoms with Gasteiger partial charge >= 0.3 is 0 Å². The molecule has 2 aromatic carbocycles. The lowest BCUT2D eigenvalue weighted by atomic mass is 10.1. The Labute approximate surface area is 183 Å². The molecule has 1 aromatic heterocycles. The molecule has 1 amide bonds. The highest BCUT2D eigenvalue weighted by Crippen LogP contribution is 2.19. The predicted octanol–water partition coefficient (Wildman–Crippen LogP) is 3.63. The first-order chi connectivity index (χ1) is 15.2. The van der Waals surface area contributed by atoms with E-state index in [1.807, 2.05) is 53.4 Å². The Morgan fingerprint density at radius 1 is 1.06 bits per heavy atom. The zero-order chi connectivity index (χ0) is 21.5. The van der Waals surface area contributed by atoms with E-state index in [9.17, 15) is 4.79 Å². The van der Waals surface area contributed by atoms with Crippen molar-refractivity contribution in [3.05, 3.63) is 78.2 Å². The molecule has 0 bridgehead atoms. The van der Waals surface area contributed by atoms with Crippen LogP contribution >= 0.6 is 0 Å². The van der Waals surface area contributed by atoms with Crippen LogP contribution in [-0.2, 0) is 22.5 Å². The van der Waals surface area contributed by atoms with Crippen LogP contribution in [0, 0.1) is 0 Å². The van der Waals surface area contributed by atoms with Crippen LogP contribution in [0.15, 0.2) is 71.3 Å². The molecular formula is C25H29N3O3. The number of benzene rings is 2. The van der Waals surface area contributed by atoms with Gasteiger partial charge in [0.2, 0.25) is 11.8 Å². The molecule has 1 atom stereocenters. The van der Waals surface area contributed by atoms with Crippen molar-refractivity contribution in [3.8, 4) is 11.5 Å². The van der Waals surface area contributed by atoms with Gasteiger partial charge in [-0.25, -0.2) is 4.98 Å². The van der Waals surface area contributed by atoms with Gasteiger partial charge in [-0.15, -0.1) is 0 Å². The molecule has 31 heavy (non-hydrogen) atoms. The van der Waals surface area contributed by atoms with Gasteiger partial charge in [0.05, 0.1) is 25.3 Å². The topological polar surface area (TPSA) is 58.8 Å². The second-order valence-electron chi connectivity index (χ2n) is 7.96. The zero-order valence-corrected chi connectivity index (χ0v) is 17.9. The van der Waals surface area contributed by atoms with Crippen LogP contribution in [0.4, 0.5) is 0 Å². The average molecular weight is 420 g/mol. The van der Waals surface area contributed by atoms with Gasteiger partial charge in [0.1, 0.15) is 6.26 Å². The van der Waals surface area contributed by atoms with Crippen LogP contribution < -0.4 is 0 Å². The molecule has 3 aromatic rings. The summed E-state index contributed by atoms with van der Waals surface area (Å²) in [6.45, 7) is 6.84. The molecule has 162 valence electrons. The number of nitrogens with zero attached hydrogens (tertiary/aromatic N) is 3. The summed E-state index contributed by atoms with van der Waals surface area (Å²) in [7, 11) is 0. The van der Waals surface area contributed by atoms with Gasteiger partial charge in [-0.1, -0.05) is 48.5 Å². The summed E-state index contributed by atoms with van der Waals surface area (Å²) in [5, 5.41) is 0. The quantitative estimate of drug-likeness (QED) is 0.558. The van der Waals surface area contributed by atoms with Crippen LogP contribution in [0.3, 0.4) is 0 Å². The third-order valence-corrected chi connectivity index (χ3v) is 5.58. The van der Waals surface area contributed by atoms with E-state index in [0.29, 0.717) is 18.1 Å². The molecule has 1 unspecified atom stereocenters. The number of hydrogen-bond donors (Lipinski definition) is 0. The molecule has 0 saturated carbocycles. The highest BCUT2D eigenvalue weighted by molar-refractivity contribution is 5.78. The van der Waals surface area contributed by atoms with E-state index in [0.717, 1.165) is 44.0 Å². The lowest BCUT2D eigenvalue weighted by Crippen LogP contribution is -2.48. The fourth-order valence-electron chi connectivity index (χ4n) is 3.88. The molecular weight excluding hydrogens is 390 g/mol. The Kier molecular flexibility index (Phi) is 7.12. The largest absolute Gasteiger partial charge is 0.444 e. The van der Waals surface area contributed by atoms with Crippen molar-refractivity contribution in [2.45, 2.75) is 25.9 Å². The molecule has 4 rings (SSSR count). The first kappa shape index (κ1) is 21.3. The van der Waals surface area contributed by atoms with Crippen molar-refractivity contribution >= 4 is 5.91 Å². The number of morpholine rings is 1. The molecule has 0 aliphatic carbocycles. The highest BCUT2D eigenvalue weighted by Gasteiger charge is 2.24. The Morgan fingerprint density at radius 3 is 2.45 bits per heavy atom. The second-order valence-corrected chi connectivity index (χ2v) is 7.96. The van der Waals surface area contributed by atoms with E-state index in [2.05, 4.69) is 28.9 Å². The summed E-state index contributed by atoms with van der Waals surface area (Å²) in [5.41, 5.74) is 2.68. The molecule has 1 aliphatic heterocycles. The van der Waals surface area contributed by atoms with Crippen molar-refractivity contribution in [1.82, 2.24) is 14.8 Å². The minimum absolute atomic E-state index is 0.0533. The van der Waals surface area contributed by atoms with E-state index < -0.39 is 0 Å². The number of oxazole rings is 1. The number of carbonyl (C=O) groups is 1. The smallest absolute Gasteiger partial charge is 0.229 e.